The van der Waals surface area contributed by atoms with Crippen LogP contribution < -0.4 is 5.32 Å². The van der Waals surface area contributed by atoms with Crippen molar-refractivity contribution in [2.24, 2.45) is 0 Å². The minimum absolute atomic E-state index is 0.267. The van der Waals surface area contributed by atoms with Crippen molar-refractivity contribution in [3.05, 3.63) is 50.1 Å². The first-order chi connectivity index (χ1) is 9.61. The van der Waals surface area contributed by atoms with Gasteiger partial charge in [-0.05, 0) is 29.6 Å². The van der Waals surface area contributed by atoms with Crippen LogP contribution in [0.3, 0.4) is 0 Å². The van der Waals surface area contributed by atoms with E-state index in [1.807, 2.05) is 0 Å². The monoisotopic (exact) mass is 325 g/mol. The number of hydrogen-bond donors (Lipinski definition) is 2. The van der Waals surface area contributed by atoms with E-state index < -0.39 is 0 Å². The molecule has 1 aromatic carbocycles. The van der Waals surface area contributed by atoms with Crippen molar-refractivity contribution in [2.75, 3.05) is 11.9 Å². The number of hydrogen-bond acceptors (Lipinski definition) is 3. The highest BCUT2D eigenvalue weighted by molar-refractivity contribution is 7.12. The van der Waals surface area contributed by atoms with Gasteiger partial charge in [-0.1, -0.05) is 35.0 Å². The Bertz CT molecular complexity index is 701. The van der Waals surface area contributed by atoms with Gasteiger partial charge in [0.1, 0.15) is 11.5 Å². The fourth-order valence-electron chi connectivity index (χ4n) is 1.50. The lowest BCUT2D eigenvalue weighted by Crippen LogP contribution is -2.11. The number of rotatable bonds is 2. The lowest BCUT2D eigenvalue weighted by Gasteiger charge is -2.07. The highest BCUT2D eigenvalue weighted by atomic mass is 35.5. The second kappa shape index (κ2) is 6.78. The van der Waals surface area contributed by atoms with Crippen molar-refractivity contribution < 1.29 is 9.90 Å². The van der Waals surface area contributed by atoms with Gasteiger partial charge in [0.05, 0.1) is 10.7 Å². The van der Waals surface area contributed by atoms with E-state index in [9.17, 15) is 4.79 Å². The molecular formula is C14H9Cl2NO2S. The van der Waals surface area contributed by atoms with Crippen molar-refractivity contribution in [1.82, 2.24) is 0 Å². The standard InChI is InChI=1S/C14H9Cl2NO2S/c15-10-3-4-12(9(8-10)2-1-6-18)17-14(19)13-11(16)5-7-20-13/h3-5,7-8,18H,6H2,(H,17,19). The highest BCUT2D eigenvalue weighted by Crippen LogP contribution is 2.25. The molecule has 0 spiro atoms. The molecule has 0 aliphatic rings. The molecule has 0 radical (unpaired) electrons. The summed E-state index contributed by atoms with van der Waals surface area (Å²) in [5.41, 5.74) is 1.05. The average molecular weight is 326 g/mol. The summed E-state index contributed by atoms with van der Waals surface area (Å²) in [5.74, 6) is 4.96. The summed E-state index contributed by atoms with van der Waals surface area (Å²) in [6.45, 7) is -0.267. The van der Waals surface area contributed by atoms with Crippen LogP contribution in [0.1, 0.15) is 15.2 Å². The van der Waals surface area contributed by atoms with E-state index in [1.54, 1.807) is 29.6 Å². The number of halogens is 2. The van der Waals surface area contributed by atoms with Crippen molar-refractivity contribution in [3.8, 4) is 11.8 Å². The van der Waals surface area contributed by atoms with Crippen molar-refractivity contribution >= 4 is 46.1 Å². The average Bonchev–Trinajstić information content (AvgIpc) is 2.85. The van der Waals surface area contributed by atoms with Crippen LogP contribution in [0, 0.1) is 11.8 Å². The Hall–Kier alpha value is -1.51. The molecule has 1 aromatic heterocycles. The molecule has 2 aromatic rings. The molecule has 1 heterocycles. The molecular weight excluding hydrogens is 317 g/mol. The van der Waals surface area contributed by atoms with Gasteiger partial charge in [0.2, 0.25) is 0 Å². The predicted octanol–water partition coefficient (Wildman–Crippen LogP) is 3.65. The smallest absolute Gasteiger partial charge is 0.267 e. The number of amides is 1. The Morgan fingerprint density at radius 1 is 1.35 bits per heavy atom. The summed E-state index contributed by atoms with van der Waals surface area (Å²) >= 11 is 13.1. The molecule has 102 valence electrons. The van der Waals surface area contributed by atoms with Gasteiger partial charge in [0.15, 0.2) is 0 Å². The Morgan fingerprint density at radius 3 is 2.80 bits per heavy atom. The number of anilines is 1. The number of thiophene rings is 1. The quantitative estimate of drug-likeness (QED) is 0.828. The van der Waals surface area contributed by atoms with Gasteiger partial charge in [0.25, 0.3) is 5.91 Å². The van der Waals surface area contributed by atoms with Gasteiger partial charge >= 0.3 is 0 Å². The molecule has 6 heteroatoms. The molecule has 0 unspecified atom stereocenters. The van der Waals surface area contributed by atoms with Crippen molar-refractivity contribution in [2.45, 2.75) is 0 Å². The van der Waals surface area contributed by atoms with Crippen molar-refractivity contribution in [1.29, 1.82) is 0 Å². The van der Waals surface area contributed by atoms with Crippen LogP contribution in [0.15, 0.2) is 29.6 Å². The van der Waals surface area contributed by atoms with Crippen LogP contribution in [0.2, 0.25) is 10.0 Å². The SMILES string of the molecule is O=C(Nc1ccc(Cl)cc1C#CCO)c1sccc1Cl. The summed E-state index contributed by atoms with van der Waals surface area (Å²) in [6, 6.07) is 6.59. The maximum absolute atomic E-state index is 12.1. The topological polar surface area (TPSA) is 49.3 Å². The van der Waals surface area contributed by atoms with E-state index in [1.165, 1.54) is 11.3 Å². The van der Waals surface area contributed by atoms with Crippen LogP contribution in [0.5, 0.6) is 0 Å². The molecule has 1 amide bonds. The van der Waals surface area contributed by atoms with Crippen LogP contribution >= 0.6 is 34.5 Å². The summed E-state index contributed by atoms with van der Waals surface area (Å²) in [5, 5.41) is 14.1. The van der Waals surface area contributed by atoms with Crippen LogP contribution in [0.25, 0.3) is 0 Å². The van der Waals surface area contributed by atoms with E-state index in [-0.39, 0.29) is 12.5 Å². The molecule has 2 rings (SSSR count). The normalized spacial score (nSPS) is 9.75. The maximum atomic E-state index is 12.1. The zero-order chi connectivity index (χ0) is 14.5. The molecule has 0 atom stereocenters. The summed E-state index contributed by atoms with van der Waals surface area (Å²) < 4.78 is 0. The zero-order valence-corrected chi connectivity index (χ0v) is 12.4. The molecule has 0 bridgehead atoms. The second-order valence-corrected chi connectivity index (χ2v) is 5.46. The first-order valence-corrected chi connectivity index (χ1v) is 7.19. The molecule has 0 aliphatic heterocycles. The minimum Gasteiger partial charge on any atom is -0.384 e. The minimum atomic E-state index is -0.306. The molecule has 0 aliphatic carbocycles. The van der Waals surface area contributed by atoms with E-state index in [2.05, 4.69) is 17.2 Å². The molecule has 3 nitrogen and oxygen atoms in total. The molecule has 20 heavy (non-hydrogen) atoms. The van der Waals surface area contributed by atoms with Gasteiger partial charge in [0, 0.05) is 10.6 Å². The van der Waals surface area contributed by atoms with Gasteiger partial charge in [-0.25, -0.2) is 0 Å². The third kappa shape index (κ3) is 3.53. The van der Waals surface area contributed by atoms with Crippen molar-refractivity contribution in [3.63, 3.8) is 0 Å². The van der Waals surface area contributed by atoms with Crippen LogP contribution in [0.4, 0.5) is 5.69 Å². The van der Waals surface area contributed by atoms with E-state index in [0.717, 1.165) is 0 Å². The third-order valence-corrected chi connectivity index (χ3v) is 3.93. The van der Waals surface area contributed by atoms with E-state index in [0.29, 0.717) is 26.2 Å². The molecule has 0 saturated heterocycles. The van der Waals surface area contributed by atoms with Gasteiger partial charge in [-0.2, -0.15) is 0 Å². The van der Waals surface area contributed by atoms with Crippen LogP contribution in [-0.2, 0) is 0 Å². The number of aliphatic hydroxyl groups excluding tert-OH is 1. The zero-order valence-electron chi connectivity index (χ0n) is 10.1. The Kier molecular flexibility index (Phi) is 5.05. The van der Waals surface area contributed by atoms with E-state index in [4.69, 9.17) is 28.3 Å². The lowest BCUT2D eigenvalue weighted by molar-refractivity contribution is 0.103. The van der Waals surface area contributed by atoms with Gasteiger partial charge in [-0.15, -0.1) is 11.3 Å². The van der Waals surface area contributed by atoms with Gasteiger partial charge in [-0.3, -0.25) is 4.79 Å². The molecule has 0 saturated carbocycles. The van der Waals surface area contributed by atoms with Gasteiger partial charge < -0.3 is 10.4 Å². The number of carbonyl (C=O) groups is 1. The fourth-order valence-corrected chi connectivity index (χ4v) is 2.71. The third-order valence-electron chi connectivity index (χ3n) is 2.36. The number of nitrogens with one attached hydrogen (secondary N) is 1. The predicted molar refractivity (Wildman–Crippen MR) is 82.7 cm³/mol. The number of carbonyl (C=O) groups excluding carboxylic acids is 1. The fraction of sp³-hybridized carbons (Fsp3) is 0.0714. The molecule has 2 N–H and O–H groups in total. The Morgan fingerprint density at radius 2 is 2.15 bits per heavy atom. The number of aliphatic hydroxyl groups is 1. The maximum Gasteiger partial charge on any atom is 0.267 e. The van der Waals surface area contributed by atoms with Crippen LogP contribution in [-0.4, -0.2) is 17.6 Å². The lowest BCUT2D eigenvalue weighted by atomic mass is 10.1. The summed E-state index contributed by atoms with van der Waals surface area (Å²) in [7, 11) is 0. The summed E-state index contributed by atoms with van der Waals surface area (Å²) in [6.07, 6.45) is 0. The largest absolute Gasteiger partial charge is 0.384 e. The Balaban J connectivity index is 2.29. The number of benzene rings is 1. The highest BCUT2D eigenvalue weighted by Gasteiger charge is 2.13. The molecule has 0 fully saturated rings. The summed E-state index contributed by atoms with van der Waals surface area (Å²) in [4.78, 5) is 12.5. The Labute approximate surface area is 130 Å². The van der Waals surface area contributed by atoms with E-state index >= 15 is 0 Å². The second-order valence-electron chi connectivity index (χ2n) is 3.70. The first-order valence-electron chi connectivity index (χ1n) is 5.55. The first kappa shape index (κ1) is 14.9.